The molecule has 33 heavy (non-hydrogen) atoms. The fourth-order valence-electron chi connectivity index (χ4n) is 4.53. The molecule has 0 spiro atoms. The topological polar surface area (TPSA) is 97.4 Å². The van der Waals surface area contributed by atoms with Gasteiger partial charge < -0.3 is 19.3 Å². The highest BCUT2D eigenvalue weighted by Gasteiger charge is 2.28. The van der Waals surface area contributed by atoms with Crippen LogP contribution < -0.4 is 10.7 Å². The summed E-state index contributed by atoms with van der Waals surface area (Å²) in [4.78, 5) is 40.5. The predicted molar refractivity (Wildman–Crippen MR) is 125 cm³/mol. The first-order valence-corrected chi connectivity index (χ1v) is 11.0. The minimum absolute atomic E-state index is 0.0278. The Morgan fingerprint density at radius 3 is 2.21 bits per heavy atom. The largest absolute Gasteiger partial charge is 0.360 e. The first-order valence-electron chi connectivity index (χ1n) is 11.0. The summed E-state index contributed by atoms with van der Waals surface area (Å²) >= 11 is 0. The number of aromatic nitrogens is 2. The van der Waals surface area contributed by atoms with E-state index in [1.807, 2.05) is 41.0 Å². The first-order chi connectivity index (χ1) is 16.0. The minimum atomic E-state index is -0.180. The molecular formula is C25H24N4O4. The molecule has 8 nitrogen and oxygen atoms in total. The van der Waals surface area contributed by atoms with Gasteiger partial charge in [0.15, 0.2) is 11.2 Å². The number of hydrogen-bond acceptors (Lipinski definition) is 5. The number of anilines is 1. The first kappa shape index (κ1) is 20.9. The van der Waals surface area contributed by atoms with Crippen LogP contribution >= 0.6 is 0 Å². The molecule has 4 aromatic rings. The van der Waals surface area contributed by atoms with E-state index >= 15 is 0 Å². The number of nitrogens with zero attached hydrogens (tertiary/aromatic N) is 3. The van der Waals surface area contributed by atoms with Gasteiger partial charge in [-0.3, -0.25) is 14.4 Å². The van der Waals surface area contributed by atoms with Crippen molar-refractivity contribution in [3.8, 4) is 0 Å². The second-order valence-electron chi connectivity index (χ2n) is 8.42. The molecule has 0 radical (unpaired) electrons. The molecule has 2 amide bonds. The molecule has 0 aliphatic carbocycles. The number of carbonyl (C=O) groups excluding carboxylic acids is 2. The lowest BCUT2D eigenvalue weighted by atomic mass is 9.96. The van der Waals surface area contributed by atoms with Crippen molar-refractivity contribution in [2.24, 2.45) is 5.92 Å². The SMILES string of the molecule is Cc1cc(NC(=O)C2CCN(C(=O)Cn3c4ccccc4c(=O)c4ccccc43)CC2)no1. The molecule has 3 heterocycles. The monoisotopic (exact) mass is 444 g/mol. The molecule has 2 aromatic carbocycles. The predicted octanol–water partition coefficient (Wildman–Crippen LogP) is 3.33. The third-order valence-electron chi connectivity index (χ3n) is 6.27. The van der Waals surface area contributed by atoms with Crippen molar-refractivity contribution in [1.82, 2.24) is 14.6 Å². The number of fused-ring (bicyclic) bond motifs is 2. The van der Waals surface area contributed by atoms with Crippen LogP contribution in [0.25, 0.3) is 21.8 Å². The minimum Gasteiger partial charge on any atom is -0.360 e. The number of aryl methyl sites for hydroxylation is 1. The molecule has 1 aliphatic heterocycles. The van der Waals surface area contributed by atoms with Crippen molar-refractivity contribution in [3.05, 3.63) is 70.6 Å². The molecule has 0 unspecified atom stereocenters. The summed E-state index contributed by atoms with van der Waals surface area (Å²) < 4.78 is 6.90. The third kappa shape index (κ3) is 4.00. The molecule has 1 N–H and O–H groups in total. The van der Waals surface area contributed by atoms with Gasteiger partial charge in [0.2, 0.25) is 11.8 Å². The van der Waals surface area contributed by atoms with E-state index in [0.29, 0.717) is 48.3 Å². The number of rotatable bonds is 4. The van der Waals surface area contributed by atoms with Crippen molar-refractivity contribution in [3.63, 3.8) is 0 Å². The van der Waals surface area contributed by atoms with Gasteiger partial charge >= 0.3 is 0 Å². The maximum absolute atomic E-state index is 13.2. The zero-order valence-corrected chi connectivity index (χ0v) is 18.3. The van der Waals surface area contributed by atoms with Gasteiger partial charge in [0, 0.05) is 35.8 Å². The van der Waals surface area contributed by atoms with E-state index in [2.05, 4.69) is 10.5 Å². The van der Waals surface area contributed by atoms with Crippen LogP contribution in [0.2, 0.25) is 0 Å². The Morgan fingerprint density at radius 1 is 1.03 bits per heavy atom. The quantitative estimate of drug-likeness (QED) is 0.487. The van der Waals surface area contributed by atoms with Gasteiger partial charge in [0.25, 0.3) is 0 Å². The van der Waals surface area contributed by atoms with Crippen LogP contribution in [0.1, 0.15) is 18.6 Å². The smallest absolute Gasteiger partial charge is 0.242 e. The molecule has 1 fully saturated rings. The van der Waals surface area contributed by atoms with Gasteiger partial charge in [0.05, 0.1) is 11.0 Å². The fourth-order valence-corrected chi connectivity index (χ4v) is 4.53. The second-order valence-corrected chi connectivity index (χ2v) is 8.42. The van der Waals surface area contributed by atoms with Crippen LogP contribution in [0.4, 0.5) is 5.82 Å². The van der Waals surface area contributed by atoms with Crippen LogP contribution in [-0.4, -0.2) is 39.5 Å². The zero-order chi connectivity index (χ0) is 22.9. The number of para-hydroxylation sites is 2. The molecule has 0 atom stereocenters. The number of amides is 2. The Morgan fingerprint density at radius 2 is 1.64 bits per heavy atom. The van der Waals surface area contributed by atoms with Crippen LogP contribution in [0, 0.1) is 12.8 Å². The Hall–Kier alpha value is -3.94. The summed E-state index contributed by atoms with van der Waals surface area (Å²) in [6.07, 6.45) is 1.17. The maximum Gasteiger partial charge on any atom is 0.242 e. The highest BCUT2D eigenvalue weighted by Crippen LogP contribution is 2.22. The maximum atomic E-state index is 13.2. The summed E-state index contributed by atoms with van der Waals surface area (Å²) in [5, 5.41) is 7.78. The number of carbonyl (C=O) groups is 2. The summed E-state index contributed by atoms with van der Waals surface area (Å²) in [5.41, 5.74) is 1.46. The lowest BCUT2D eigenvalue weighted by molar-refractivity contribution is -0.134. The highest BCUT2D eigenvalue weighted by atomic mass is 16.5. The summed E-state index contributed by atoms with van der Waals surface area (Å²) in [5.74, 6) is 0.731. The van der Waals surface area contributed by atoms with E-state index in [-0.39, 0.29) is 29.7 Å². The fraction of sp³-hybridized carbons (Fsp3) is 0.280. The number of likely N-dealkylation sites (tertiary alicyclic amines) is 1. The van der Waals surface area contributed by atoms with Gasteiger partial charge in [-0.2, -0.15) is 0 Å². The molecule has 2 aromatic heterocycles. The molecule has 0 bridgehead atoms. The van der Waals surface area contributed by atoms with Crippen LogP contribution in [0.5, 0.6) is 0 Å². The van der Waals surface area contributed by atoms with E-state index in [4.69, 9.17) is 4.52 Å². The Labute approximate surface area is 189 Å². The normalized spacial score (nSPS) is 14.6. The number of pyridine rings is 1. The lowest BCUT2D eigenvalue weighted by Gasteiger charge is -2.31. The number of piperidine rings is 1. The molecule has 8 heteroatoms. The molecule has 168 valence electrons. The van der Waals surface area contributed by atoms with E-state index in [0.717, 1.165) is 11.0 Å². The van der Waals surface area contributed by atoms with Gasteiger partial charge in [-0.05, 0) is 44.0 Å². The van der Waals surface area contributed by atoms with E-state index in [1.165, 1.54) is 0 Å². The summed E-state index contributed by atoms with van der Waals surface area (Å²) in [6.45, 7) is 2.91. The highest BCUT2D eigenvalue weighted by molar-refractivity contribution is 5.95. The van der Waals surface area contributed by atoms with Crippen LogP contribution in [-0.2, 0) is 16.1 Å². The van der Waals surface area contributed by atoms with E-state index in [9.17, 15) is 14.4 Å². The Bertz CT molecular complexity index is 1350. The van der Waals surface area contributed by atoms with Crippen molar-refractivity contribution >= 4 is 39.4 Å². The Balaban J connectivity index is 1.32. The zero-order valence-electron chi connectivity index (χ0n) is 18.3. The molecule has 0 saturated carbocycles. The number of nitrogens with one attached hydrogen (secondary N) is 1. The van der Waals surface area contributed by atoms with Crippen molar-refractivity contribution in [2.75, 3.05) is 18.4 Å². The lowest BCUT2D eigenvalue weighted by Crippen LogP contribution is -2.42. The molecular weight excluding hydrogens is 420 g/mol. The summed E-state index contributed by atoms with van der Waals surface area (Å²) in [7, 11) is 0. The second kappa shape index (κ2) is 8.54. The average Bonchev–Trinajstić information content (AvgIpc) is 3.26. The molecule has 1 aliphatic rings. The van der Waals surface area contributed by atoms with Crippen molar-refractivity contribution in [2.45, 2.75) is 26.3 Å². The average molecular weight is 444 g/mol. The van der Waals surface area contributed by atoms with Crippen LogP contribution in [0.3, 0.4) is 0 Å². The third-order valence-corrected chi connectivity index (χ3v) is 6.27. The standard InChI is InChI=1S/C25H24N4O4/c1-16-14-22(27-33-16)26-25(32)17-10-12-28(13-11-17)23(30)15-29-20-8-4-2-6-18(20)24(31)19-7-3-5-9-21(19)29/h2-9,14,17H,10-13,15H2,1H3,(H,26,27,32). The Kier molecular flexibility index (Phi) is 5.42. The summed E-state index contributed by atoms with van der Waals surface area (Å²) in [6, 6.07) is 16.4. The van der Waals surface area contributed by atoms with Gasteiger partial charge in [-0.1, -0.05) is 29.4 Å². The molecule has 5 rings (SSSR count). The van der Waals surface area contributed by atoms with Crippen LogP contribution in [0.15, 0.2) is 63.9 Å². The number of hydrogen-bond donors (Lipinski definition) is 1. The van der Waals surface area contributed by atoms with E-state index < -0.39 is 0 Å². The van der Waals surface area contributed by atoms with Crippen molar-refractivity contribution < 1.29 is 14.1 Å². The van der Waals surface area contributed by atoms with Gasteiger partial charge in [-0.15, -0.1) is 0 Å². The number of benzene rings is 2. The molecule has 1 saturated heterocycles. The van der Waals surface area contributed by atoms with Crippen molar-refractivity contribution in [1.29, 1.82) is 0 Å². The van der Waals surface area contributed by atoms with Gasteiger partial charge in [0.1, 0.15) is 12.3 Å². The van der Waals surface area contributed by atoms with E-state index in [1.54, 1.807) is 30.0 Å². The van der Waals surface area contributed by atoms with Gasteiger partial charge in [-0.25, -0.2) is 0 Å².